The van der Waals surface area contributed by atoms with E-state index in [4.69, 9.17) is 11.6 Å². The molecular weight excluding hydrogens is 436 g/mol. The molecule has 0 amide bonds. The molecule has 33 heavy (non-hydrogen) atoms. The van der Waals surface area contributed by atoms with Gasteiger partial charge in [-0.15, -0.1) is 5.10 Å². The van der Waals surface area contributed by atoms with Crippen LogP contribution < -0.4 is 10.6 Å². The normalized spacial score (nSPS) is 22.2. The molecule has 168 valence electrons. The Balaban J connectivity index is 1.42. The molecule has 1 atom stereocenters. The quantitative estimate of drug-likeness (QED) is 0.430. The lowest BCUT2D eigenvalue weighted by atomic mass is 9.77. The number of benzene rings is 1. The first-order valence-electron chi connectivity index (χ1n) is 11.3. The number of aromatic nitrogens is 6. The van der Waals surface area contributed by atoms with Crippen LogP contribution in [0.15, 0.2) is 43.0 Å². The number of aryl methyl sites for hydroxylation is 1. The van der Waals surface area contributed by atoms with Gasteiger partial charge in [-0.1, -0.05) is 22.9 Å². The van der Waals surface area contributed by atoms with Gasteiger partial charge in [0.25, 0.3) is 0 Å². The summed E-state index contributed by atoms with van der Waals surface area (Å²) in [5.74, 6) is 1.58. The number of hydrogen-bond acceptors (Lipinski definition) is 7. The van der Waals surface area contributed by atoms with Crippen LogP contribution in [0.1, 0.15) is 48.7 Å². The molecule has 0 spiro atoms. The van der Waals surface area contributed by atoms with Crippen LogP contribution in [0.4, 0.5) is 11.5 Å². The second kappa shape index (κ2) is 7.66. The molecule has 3 aliphatic rings. The largest absolute Gasteiger partial charge is 0.373 e. The molecule has 0 saturated heterocycles. The van der Waals surface area contributed by atoms with Crippen LogP contribution in [-0.4, -0.2) is 37.0 Å². The SMILES string of the molecule is CNc1ncnc2c(Cl)cc(NC(c3cn(C45CCC(C4)C5)nn3)c3cccnc3C)cc12. The summed E-state index contributed by atoms with van der Waals surface area (Å²) >= 11 is 6.61. The number of rotatable bonds is 6. The highest BCUT2D eigenvalue weighted by molar-refractivity contribution is 6.35. The van der Waals surface area contributed by atoms with E-state index in [1.165, 1.54) is 32.0 Å². The average Bonchev–Trinajstić information content (AvgIpc) is 3.54. The maximum atomic E-state index is 6.61. The van der Waals surface area contributed by atoms with Crippen molar-refractivity contribution in [2.24, 2.45) is 5.92 Å². The van der Waals surface area contributed by atoms with Crippen molar-refractivity contribution in [2.75, 3.05) is 17.7 Å². The number of halogens is 1. The number of hydrogen-bond donors (Lipinski definition) is 2. The third-order valence-electron chi connectivity index (χ3n) is 7.25. The molecule has 4 aromatic rings. The first-order valence-corrected chi connectivity index (χ1v) is 11.7. The lowest BCUT2D eigenvalue weighted by molar-refractivity contribution is 0.132. The van der Waals surface area contributed by atoms with Gasteiger partial charge in [-0.3, -0.25) is 4.98 Å². The fourth-order valence-corrected chi connectivity index (χ4v) is 5.79. The van der Waals surface area contributed by atoms with Gasteiger partial charge in [-0.2, -0.15) is 0 Å². The van der Waals surface area contributed by atoms with Crippen molar-refractivity contribution in [2.45, 2.75) is 44.2 Å². The highest BCUT2D eigenvalue weighted by atomic mass is 35.5. The van der Waals surface area contributed by atoms with Crippen LogP contribution in [0.25, 0.3) is 10.9 Å². The average molecular weight is 461 g/mol. The van der Waals surface area contributed by atoms with E-state index in [0.717, 1.165) is 39.8 Å². The Morgan fingerprint density at radius 1 is 1.21 bits per heavy atom. The van der Waals surface area contributed by atoms with Crippen molar-refractivity contribution < 1.29 is 0 Å². The fourth-order valence-electron chi connectivity index (χ4n) is 5.53. The Morgan fingerprint density at radius 2 is 2.09 bits per heavy atom. The molecule has 3 saturated carbocycles. The van der Waals surface area contributed by atoms with E-state index in [1.54, 1.807) is 0 Å². The zero-order valence-electron chi connectivity index (χ0n) is 18.6. The molecule has 9 heteroatoms. The number of nitrogens with zero attached hydrogens (tertiary/aromatic N) is 6. The van der Waals surface area contributed by atoms with Crippen molar-refractivity contribution in [3.05, 3.63) is 65.0 Å². The Bertz CT molecular complexity index is 1340. The summed E-state index contributed by atoms with van der Waals surface area (Å²) in [6.07, 6.45) is 10.3. The Kier molecular flexibility index (Phi) is 4.72. The van der Waals surface area contributed by atoms with E-state index < -0.39 is 0 Å². The second-order valence-corrected chi connectivity index (χ2v) is 9.61. The second-order valence-electron chi connectivity index (χ2n) is 9.21. The van der Waals surface area contributed by atoms with Crippen molar-refractivity contribution in [3.63, 3.8) is 0 Å². The third-order valence-corrected chi connectivity index (χ3v) is 7.54. The molecular formula is C24H25ClN8. The van der Waals surface area contributed by atoms with Crippen molar-refractivity contribution in [3.8, 4) is 0 Å². The Morgan fingerprint density at radius 3 is 2.85 bits per heavy atom. The standard InChI is InChI=1S/C24H25ClN8/c1-14-17(4-3-7-27-14)22(20-12-33(32-31-20)24-6-5-15(10-24)11-24)30-16-8-18-21(19(25)9-16)28-13-29-23(18)26-2/h3-4,7-9,12-13,15,22,30H,5-6,10-11H2,1-2H3,(H,26,28,29). The van der Waals surface area contributed by atoms with Gasteiger partial charge in [0, 0.05) is 35.6 Å². The summed E-state index contributed by atoms with van der Waals surface area (Å²) in [5, 5.41) is 17.4. The minimum Gasteiger partial charge on any atom is -0.373 e. The van der Waals surface area contributed by atoms with Crippen LogP contribution in [0, 0.1) is 12.8 Å². The highest BCUT2D eigenvalue weighted by Crippen LogP contribution is 2.56. The topological polar surface area (TPSA) is 93.4 Å². The highest BCUT2D eigenvalue weighted by Gasteiger charge is 2.52. The predicted molar refractivity (Wildman–Crippen MR) is 128 cm³/mol. The monoisotopic (exact) mass is 460 g/mol. The maximum Gasteiger partial charge on any atom is 0.137 e. The first-order chi connectivity index (χ1) is 16.1. The number of pyridine rings is 1. The molecule has 1 aromatic carbocycles. The van der Waals surface area contributed by atoms with Crippen LogP contribution >= 0.6 is 11.6 Å². The fraction of sp³-hybridized carbons (Fsp3) is 0.375. The molecule has 8 nitrogen and oxygen atoms in total. The predicted octanol–water partition coefficient (Wildman–Crippen LogP) is 4.72. The molecule has 3 fully saturated rings. The van der Waals surface area contributed by atoms with Gasteiger partial charge in [-0.25, -0.2) is 14.6 Å². The summed E-state index contributed by atoms with van der Waals surface area (Å²) in [4.78, 5) is 13.2. The van der Waals surface area contributed by atoms with Gasteiger partial charge in [0.05, 0.1) is 28.3 Å². The Labute approximate surface area is 196 Å². The summed E-state index contributed by atoms with van der Waals surface area (Å²) in [7, 11) is 1.84. The van der Waals surface area contributed by atoms with Crippen LogP contribution in [0.2, 0.25) is 5.02 Å². The van der Waals surface area contributed by atoms with E-state index in [2.05, 4.69) is 52.8 Å². The van der Waals surface area contributed by atoms with Gasteiger partial charge in [0.2, 0.25) is 0 Å². The zero-order chi connectivity index (χ0) is 22.6. The van der Waals surface area contributed by atoms with E-state index in [9.17, 15) is 0 Å². The lowest BCUT2D eigenvalue weighted by Gasteiger charge is -2.38. The van der Waals surface area contributed by atoms with Crippen LogP contribution in [-0.2, 0) is 5.54 Å². The van der Waals surface area contributed by atoms with E-state index in [-0.39, 0.29) is 11.6 Å². The van der Waals surface area contributed by atoms with Crippen molar-refractivity contribution in [1.82, 2.24) is 29.9 Å². The maximum absolute atomic E-state index is 6.61. The summed E-state index contributed by atoms with van der Waals surface area (Å²) in [6.45, 7) is 2.01. The van der Waals surface area contributed by atoms with E-state index >= 15 is 0 Å². The molecule has 3 heterocycles. The summed E-state index contributed by atoms with van der Waals surface area (Å²) in [5.41, 5.74) is 4.58. The van der Waals surface area contributed by atoms with Crippen molar-refractivity contribution in [1.29, 1.82) is 0 Å². The number of fused-ring (bicyclic) bond motifs is 2. The van der Waals surface area contributed by atoms with Gasteiger partial charge in [0.15, 0.2) is 0 Å². The molecule has 2 N–H and O–H groups in total. The van der Waals surface area contributed by atoms with Crippen molar-refractivity contribution >= 4 is 34.0 Å². The van der Waals surface area contributed by atoms with Gasteiger partial charge in [0.1, 0.15) is 17.8 Å². The molecule has 3 aromatic heterocycles. The van der Waals surface area contributed by atoms with E-state index in [1.807, 2.05) is 38.4 Å². The smallest absolute Gasteiger partial charge is 0.137 e. The molecule has 1 unspecified atom stereocenters. The molecule has 0 radical (unpaired) electrons. The minimum absolute atomic E-state index is 0.162. The molecule has 0 aliphatic heterocycles. The minimum atomic E-state index is -0.225. The number of anilines is 2. The van der Waals surface area contributed by atoms with Gasteiger partial charge < -0.3 is 10.6 Å². The van der Waals surface area contributed by atoms with E-state index in [0.29, 0.717) is 10.5 Å². The zero-order valence-corrected chi connectivity index (χ0v) is 19.3. The Hall–Kier alpha value is -3.26. The van der Waals surface area contributed by atoms with Gasteiger partial charge >= 0.3 is 0 Å². The summed E-state index contributed by atoms with van der Waals surface area (Å²) < 4.78 is 2.10. The van der Waals surface area contributed by atoms with Crippen LogP contribution in [0.5, 0.6) is 0 Å². The summed E-state index contributed by atoms with van der Waals surface area (Å²) in [6, 6.07) is 7.72. The van der Waals surface area contributed by atoms with Crippen LogP contribution in [0.3, 0.4) is 0 Å². The lowest BCUT2D eigenvalue weighted by Crippen LogP contribution is -2.39. The molecule has 2 bridgehead atoms. The molecule has 3 aliphatic carbocycles. The number of nitrogens with one attached hydrogen (secondary N) is 2. The first kappa shape index (κ1) is 20.4. The van der Waals surface area contributed by atoms with Gasteiger partial charge in [-0.05, 0) is 56.7 Å². The third kappa shape index (κ3) is 3.31. The molecule has 7 rings (SSSR count).